The Labute approximate surface area is 84.4 Å². The molecule has 2 bridgehead atoms. The van der Waals surface area contributed by atoms with E-state index >= 15 is 0 Å². The zero-order chi connectivity index (χ0) is 10.1. The molecule has 14 heavy (non-hydrogen) atoms. The maximum atomic E-state index is 10.7. The Balaban J connectivity index is 2.04. The lowest BCUT2D eigenvalue weighted by atomic mass is 9.66. The highest BCUT2D eigenvalue weighted by Gasteiger charge is 2.40. The Morgan fingerprint density at radius 2 is 1.93 bits per heavy atom. The van der Waals surface area contributed by atoms with Crippen LogP contribution in [0.15, 0.2) is 0 Å². The fraction of sp³-hybridized carbons (Fsp3) is 0.909. The fourth-order valence-electron chi connectivity index (χ4n) is 3.15. The van der Waals surface area contributed by atoms with Crippen molar-refractivity contribution in [1.29, 1.82) is 0 Å². The van der Waals surface area contributed by atoms with Crippen molar-refractivity contribution in [2.24, 2.45) is 23.7 Å². The monoisotopic (exact) mass is 198 g/mol. The van der Waals surface area contributed by atoms with Crippen molar-refractivity contribution >= 4 is 5.97 Å². The Kier molecular flexibility index (Phi) is 2.77. The largest absolute Gasteiger partial charge is 0.481 e. The molecule has 1 aliphatic carbocycles. The van der Waals surface area contributed by atoms with E-state index in [2.05, 4.69) is 6.92 Å². The van der Waals surface area contributed by atoms with Gasteiger partial charge < -0.3 is 9.84 Å². The van der Waals surface area contributed by atoms with Crippen molar-refractivity contribution < 1.29 is 14.6 Å². The van der Waals surface area contributed by atoms with E-state index in [9.17, 15) is 4.79 Å². The van der Waals surface area contributed by atoms with E-state index in [1.165, 1.54) is 0 Å². The van der Waals surface area contributed by atoms with Crippen LogP contribution in [0.2, 0.25) is 0 Å². The lowest BCUT2D eigenvalue weighted by Crippen LogP contribution is -2.42. The second-order valence-corrected chi connectivity index (χ2v) is 4.90. The van der Waals surface area contributed by atoms with Gasteiger partial charge in [-0.25, -0.2) is 0 Å². The van der Waals surface area contributed by atoms with Crippen molar-refractivity contribution in [3.8, 4) is 0 Å². The van der Waals surface area contributed by atoms with Crippen LogP contribution in [0, 0.1) is 23.7 Å². The number of aliphatic carboxylic acids is 1. The topological polar surface area (TPSA) is 46.5 Å². The average molecular weight is 198 g/mol. The molecular formula is C11H18O3. The molecule has 0 radical (unpaired) electrons. The Morgan fingerprint density at radius 1 is 1.36 bits per heavy atom. The number of ether oxygens (including phenoxy) is 1. The molecule has 3 heteroatoms. The zero-order valence-electron chi connectivity index (χ0n) is 8.61. The van der Waals surface area contributed by atoms with Gasteiger partial charge in [0.15, 0.2) is 0 Å². The quantitative estimate of drug-likeness (QED) is 0.735. The van der Waals surface area contributed by atoms with Gasteiger partial charge in [-0.2, -0.15) is 0 Å². The molecular weight excluding hydrogens is 180 g/mol. The molecule has 0 aromatic rings. The first kappa shape index (κ1) is 9.97. The Bertz CT molecular complexity index is 213. The third-order valence-corrected chi connectivity index (χ3v) is 3.70. The standard InChI is InChI=1S/C11H18O3/c1-7-2-8-5-14-6-9(3-7)10(8)4-11(12)13/h7-10H,2-6H2,1H3,(H,12,13). The van der Waals surface area contributed by atoms with Crippen molar-refractivity contribution in [2.45, 2.75) is 26.2 Å². The normalized spacial score (nSPS) is 42.1. The molecule has 0 spiro atoms. The van der Waals surface area contributed by atoms with E-state index in [0.717, 1.165) is 32.0 Å². The van der Waals surface area contributed by atoms with E-state index in [0.29, 0.717) is 24.2 Å². The first-order valence-electron chi connectivity index (χ1n) is 5.46. The van der Waals surface area contributed by atoms with Crippen molar-refractivity contribution in [3.63, 3.8) is 0 Å². The minimum Gasteiger partial charge on any atom is -0.481 e. The Morgan fingerprint density at radius 3 is 2.43 bits per heavy atom. The van der Waals surface area contributed by atoms with Crippen LogP contribution in [-0.4, -0.2) is 24.3 Å². The van der Waals surface area contributed by atoms with Crippen LogP contribution in [0.25, 0.3) is 0 Å². The highest BCUT2D eigenvalue weighted by Crippen LogP contribution is 2.42. The van der Waals surface area contributed by atoms with Gasteiger partial charge >= 0.3 is 5.97 Å². The fourth-order valence-corrected chi connectivity index (χ4v) is 3.15. The van der Waals surface area contributed by atoms with Crippen LogP contribution >= 0.6 is 0 Å². The third-order valence-electron chi connectivity index (χ3n) is 3.70. The molecule has 1 saturated heterocycles. The molecule has 1 aliphatic heterocycles. The van der Waals surface area contributed by atoms with E-state index in [-0.39, 0.29) is 0 Å². The summed E-state index contributed by atoms with van der Waals surface area (Å²) in [6.07, 6.45) is 2.63. The van der Waals surface area contributed by atoms with Gasteiger partial charge in [0.1, 0.15) is 0 Å². The summed E-state index contributed by atoms with van der Waals surface area (Å²) in [5, 5.41) is 8.85. The second kappa shape index (κ2) is 3.89. The average Bonchev–Trinajstić information content (AvgIpc) is 2.05. The lowest BCUT2D eigenvalue weighted by molar-refractivity contribution is -0.143. The molecule has 2 fully saturated rings. The van der Waals surface area contributed by atoms with E-state index in [1.54, 1.807) is 0 Å². The molecule has 1 N–H and O–H groups in total. The summed E-state index contributed by atoms with van der Waals surface area (Å²) in [4.78, 5) is 10.7. The maximum Gasteiger partial charge on any atom is 0.303 e. The molecule has 1 saturated carbocycles. The van der Waals surface area contributed by atoms with Crippen LogP contribution < -0.4 is 0 Å². The van der Waals surface area contributed by atoms with E-state index < -0.39 is 5.97 Å². The summed E-state index contributed by atoms with van der Waals surface area (Å²) < 4.78 is 5.50. The predicted molar refractivity (Wildman–Crippen MR) is 51.9 cm³/mol. The summed E-state index contributed by atoms with van der Waals surface area (Å²) >= 11 is 0. The summed E-state index contributed by atoms with van der Waals surface area (Å²) in [7, 11) is 0. The number of hydrogen-bond donors (Lipinski definition) is 1. The number of carboxylic acid groups (broad SMARTS) is 1. The van der Waals surface area contributed by atoms with Gasteiger partial charge in [-0.05, 0) is 36.5 Å². The summed E-state index contributed by atoms with van der Waals surface area (Å²) in [6, 6.07) is 0. The lowest BCUT2D eigenvalue weighted by Gasteiger charge is -2.44. The van der Waals surface area contributed by atoms with Gasteiger partial charge in [-0.15, -0.1) is 0 Å². The molecule has 0 amide bonds. The van der Waals surface area contributed by atoms with Crippen LogP contribution in [0.1, 0.15) is 26.2 Å². The first-order chi connectivity index (χ1) is 6.66. The van der Waals surface area contributed by atoms with Gasteiger partial charge in [0.2, 0.25) is 0 Å². The molecule has 2 rings (SSSR count). The molecule has 1 heterocycles. The minimum atomic E-state index is -0.651. The minimum absolute atomic E-state index is 0.339. The third kappa shape index (κ3) is 1.92. The molecule has 0 aromatic carbocycles. The van der Waals surface area contributed by atoms with Crippen molar-refractivity contribution in [3.05, 3.63) is 0 Å². The van der Waals surface area contributed by atoms with Gasteiger partial charge in [-0.3, -0.25) is 4.79 Å². The number of rotatable bonds is 2. The van der Waals surface area contributed by atoms with Gasteiger partial charge in [-0.1, -0.05) is 6.92 Å². The number of fused-ring (bicyclic) bond motifs is 2. The number of carboxylic acids is 1. The predicted octanol–water partition coefficient (Wildman–Crippen LogP) is 1.77. The van der Waals surface area contributed by atoms with Crippen molar-refractivity contribution in [2.75, 3.05) is 13.2 Å². The maximum absolute atomic E-state index is 10.7. The SMILES string of the molecule is CC1CC2COCC(C1)C2CC(=O)O. The van der Waals surface area contributed by atoms with E-state index in [4.69, 9.17) is 9.84 Å². The van der Waals surface area contributed by atoms with Gasteiger partial charge in [0, 0.05) is 19.6 Å². The first-order valence-corrected chi connectivity index (χ1v) is 5.46. The van der Waals surface area contributed by atoms with Crippen molar-refractivity contribution in [1.82, 2.24) is 0 Å². The molecule has 0 aromatic heterocycles. The van der Waals surface area contributed by atoms with Crippen LogP contribution in [0.5, 0.6) is 0 Å². The van der Waals surface area contributed by atoms with Gasteiger partial charge in [0.05, 0.1) is 0 Å². The van der Waals surface area contributed by atoms with Crippen LogP contribution in [-0.2, 0) is 9.53 Å². The molecule has 2 atom stereocenters. The number of carbonyl (C=O) groups is 1. The highest BCUT2D eigenvalue weighted by atomic mass is 16.5. The smallest absolute Gasteiger partial charge is 0.303 e. The summed E-state index contributed by atoms with van der Waals surface area (Å²) in [5.74, 6) is 1.46. The molecule has 80 valence electrons. The number of hydrogen-bond acceptors (Lipinski definition) is 2. The molecule has 2 unspecified atom stereocenters. The summed E-state index contributed by atoms with van der Waals surface area (Å²) in [5.41, 5.74) is 0. The van der Waals surface area contributed by atoms with E-state index in [1.807, 2.05) is 0 Å². The highest BCUT2D eigenvalue weighted by molar-refractivity contribution is 5.67. The molecule has 3 nitrogen and oxygen atoms in total. The molecule has 2 aliphatic rings. The van der Waals surface area contributed by atoms with Gasteiger partial charge in [0.25, 0.3) is 0 Å². The summed E-state index contributed by atoms with van der Waals surface area (Å²) in [6.45, 7) is 3.82. The van der Waals surface area contributed by atoms with Crippen LogP contribution in [0.3, 0.4) is 0 Å². The zero-order valence-corrected chi connectivity index (χ0v) is 8.61. The Hall–Kier alpha value is -0.570. The van der Waals surface area contributed by atoms with Crippen LogP contribution in [0.4, 0.5) is 0 Å². The second-order valence-electron chi connectivity index (χ2n) is 4.90.